The van der Waals surface area contributed by atoms with Gasteiger partial charge < -0.3 is 20.3 Å². The van der Waals surface area contributed by atoms with Crippen molar-refractivity contribution in [1.82, 2.24) is 4.90 Å². The van der Waals surface area contributed by atoms with E-state index < -0.39 is 5.54 Å². The summed E-state index contributed by atoms with van der Waals surface area (Å²) in [5, 5.41) is 7.02. The lowest BCUT2D eigenvalue weighted by molar-refractivity contribution is 0.255. The van der Waals surface area contributed by atoms with Crippen LogP contribution >= 0.6 is 12.2 Å². The number of hydrogen-bond acceptors (Lipinski definition) is 4. The highest BCUT2D eigenvalue weighted by molar-refractivity contribution is 7.80. The average Bonchev–Trinajstić information content (AvgIpc) is 3.09. The third-order valence-electron chi connectivity index (χ3n) is 7.32. The molecule has 5 rings (SSSR count). The molecule has 0 atom stereocenters. The van der Waals surface area contributed by atoms with E-state index in [1.165, 1.54) is 27.8 Å². The molecule has 2 aliphatic rings. The van der Waals surface area contributed by atoms with Crippen molar-refractivity contribution in [3.63, 3.8) is 0 Å². The minimum atomic E-state index is -0.517. The van der Waals surface area contributed by atoms with Crippen molar-refractivity contribution in [2.24, 2.45) is 0 Å². The van der Waals surface area contributed by atoms with Gasteiger partial charge in [0.15, 0.2) is 0 Å². The van der Waals surface area contributed by atoms with Crippen LogP contribution in [0.25, 0.3) is 0 Å². The first kappa shape index (κ1) is 23.7. The molecule has 0 aliphatic carbocycles. The zero-order chi connectivity index (χ0) is 24.7. The van der Waals surface area contributed by atoms with Crippen molar-refractivity contribution in [3.8, 4) is 11.5 Å². The average molecular weight is 486 g/mol. The molecule has 4 nitrogen and oxygen atoms in total. The number of aryl methyl sites for hydroxylation is 2. The smallest absolute Gasteiger partial charge is 0.135 e. The third kappa shape index (κ3) is 3.51. The van der Waals surface area contributed by atoms with Crippen molar-refractivity contribution in [1.29, 1.82) is 0 Å². The number of fused-ring (bicyclic) bond motifs is 6. The van der Waals surface area contributed by atoms with Crippen LogP contribution in [0.3, 0.4) is 0 Å². The van der Waals surface area contributed by atoms with Crippen molar-refractivity contribution in [3.05, 3.63) is 81.9 Å². The summed E-state index contributed by atoms with van der Waals surface area (Å²) in [6, 6.07) is 17.7. The Hall–Kier alpha value is -3.05. The van der Waals surface area contributed by atoms with E-state index >= 15 is 0 Å². The van der Waals surface area contributed by atoms with Crippen LogP contribution in [-0.2, 0) is 5.54 Å². The summed E-state index contributed by atoms with van der Waals surface area (Å²) in [5.41, 5.74) is 8.86. The number of nitrogens with zero attached hydrogens (tertiary/aromatic N) is 1. The largest absolute Gasteiger partial charge is 0.456 e. The molecular weight excluding hydrogens is 450 g/mol. The van der Waals surface area contributed by atoms with Gasteiger partial charge in [0.25, 0.3) is 0 Å². The number of unbranched alkanes of at least 4 members (excludes halogenated alkanes) is 1. The number of ether oxygens (including phenoxy) is 1. The van der Waals surface area contributed by atoms with Gasteiger partial charge in [0.2, 0.25) is 0 Å². The maximum atomic E-state index is 6.70. The van der Waals surface area contributed by atoms with Crippen molar-refractivity contribution < 1.29 is 4.74 Å². The summed E-state index contributed by atoms with van der Waals surface area (Å²) in [4.78, 5) is 3.39. The Morgan fingerprint density at radius 2 is 1.40 bits per heavy atom. The van der Waals surface area contributed by atoms with Crippen molar-refractivity contribution in [2.45, 2.75) is 53.0 Å². The van der Waals surface area contributed by atoms with E-state index in [9.17, 15) is 0 Å². The molecular formula is C30H35N3OS. The quantitative estimate of drug-likeness (QED) is 0.342. The lowest BCUT2D eigenvalue weighted by atomic mass is 9.73. The molecule has 0 unspecified atom stereocenters. The molecule has 3 aromatic carbocycles. The van der Waals surface area contributed by atoms with Gasteiger partial charge in [-0.2, -0.15) is 0 Å². The number of rotatable bonds is 7. The molecule has 0 saturated carbocycles. The lowest BCUT2D eigenvalue weighted by Crippen LogP contribution is -2.47. The number of thiocarbonyl (C=S) groups is 1. The van der Waals surface area contributed by atoms with Gasteiger partial charge in [0.1, 0.15) is 22.0 Å². The Labute approximate surface area is 214 Å². The fourth-order valence-electron chi connectivity index (χ4n) is 5.73. The predicted molar refractivity (Wildman–Crippen MR) is 150 cm³/mol. The van der Waals surface area contributed by atoms with Gasteiger partial charge in [0, 0.05) is 59.8 Å². The molecule has 0 bridgehead atoms. The van der Waals surface area contributed by atoms with Crippen LogP contribution in [0.4, 0.5) is 11.4 Å². The maximum Gasteiger partial charge on any atom is 0.135 e. The van der Waals surface area contributed by atoms with Gasteiger partial charge in [-0.3, -0.25) is 0 Å². The van der Waals surface area contributed by atoms with Gasteiger partial charge in [-0.1, -0.05) is 49.8 Å². The number of benzene rings is 3. The van der Waals surface area contributed by atoms with E-state index in [0.717, 1.165) is 65.9 Å². The topological polar surface area (TPSA) is 36.5 Å². The minimum absolute atomic E-state index is 0.517. The van der Waals surface area contributed by atoms with Crippen LogP contribution in [0.2, 0.25) is 0 Å². The summed E-state index contributed by atoms with van der Waals surface area (Å²) in [6.07, 6.45) is 2.18. The molecule has 0 radical (unpaired) electrons. The van der Waals surface area contributed by atoms with Gasteiger partial charge >= 0.3 is 0 Å². The first-order valence-corrected chi connectivity index (χ1v) is 13.2. The Kier molecular flexibility index (Phi) is 6.22. The van der Waals surface area contributed by atoms with E-state index in [-0.39, 0.29) is 0 Å². The molecule has 0 amide bonds. The highest BCUT2D eigenvalue weighted by Crippen LogP contribution is 2.59. The molecule has 1 spiro atoms. The summed E-state index contributed by atoms with van der Waals surface area (Å²) in [5.74, 6) is 1.79. The van der Waals surface area contributed by atoms with E-state index in [1.807, 2.05) is 0 Å². The molecule has 35 heavy (non-hydrogen) atoms. The molecule has 2 aliphatic heterocycles. The lowest BCUT2D eigenvalue weighted by Gasteiger charge is -2.45. The molecule has 2 heterocycles. The Balaban J connectivity index is 1.88. The Morgan fingerprint density at radius 3 is 1.94 bits per heavy atom. The summed E-state index contributed by atoms with van der Waals surface area (Å²) in [7, 11) is 0. The first-order chi connectivity index (χ1) is 17.0. The second-order valence-corrected chi connectivity index (χ2v) is 9.94. The molecule has 2 N–H and O–H groups in total. The molecule has 5 heteroatoms. The predicted octanol–water partition coefficient (Wildman–Crippen LogP) is 7.36. The van der Waals surface area contributed by atoms with Crippen LogP contribution in [0.5, 0.6) is 11.5 Å². The van der Waals surface area contributed by atoms with Gasteiger partial charge in [-0.15, -0.1) is 0 Å². The molecule has 3 aromatic rings. The fourth-order valence-corrected chi connectivity index (χ4v) is 6.14. The van der Waals surface area contributed by atoms with Gasteiger partial charge in [-0.25, -0.2) is 0 Å². The van der Waals surface area contributed by atoms with E-state index in [1.54, 1.807) is 0 Å². The minimum Gasteiger partial charge on any atom is -0.456 e. The van der Waals surface area contributed by atoms with Crippen LogP contribution in [-0.4, -0.2) is 29.5 Å². The Bertz CT molecular complexity index is 1240. The standard InChI is InChI=1S/C30H35N3OS/c1-6-9-14-33-29(35)21-12-10-11-13-22(21)30(33)23-15-19(4)25(31-7-2)17-27(23)34-28-18-26(32-8-3)20(5)16-24(28)30/h10-13,15-18,31-32H,6-9,14H2,1-5H3. The van der Waals surface area contributed by atoms with Crippen LogP contribution in [0, 0.1) is 13.8 Å². The molecule has 0 fully saturated rings. The first-order valence-electron chi connectivity index (χ1n) is 12.8. The highest BCUT2D eigenvalue weighted by Gasteiger charge is 2.54. The molecule has 0 saturated heterocycles. The normalized spacial score (nSPS) is 14.9. The molecule has 0 aromatic heterocycles. The van der Waals surface area contributed by atoms with E-state index in [2.05, 4.69) is 98.7 Å². The second-order valence-electron chi connectivity index (χ2n) is 9.56. The summed E-state index contributed by atoms with van der Waals surface area (Å²) >= 11 is 6.18. The van der Waals surface area contributed by atoms with Crippen molar-refractivity contribution >= 4 is 28.6 Å². The number of hydrogen-bond donors (Lipinski definition) is 2. The summed E-state index contributed by atoms with van der Waals surface area (Å²) in [6.45, 7) is 13.5. The van der Waals surface area contributed by atoms with Crippen LogP contribution in [0.15, 0.2) is 48.5 Å². The summed E-state index contributed by atoms with van der Waals surface area (Å²) < 4.78 is 6.70. The monoisotopic (exact) mass is 485 g/mol. The zero-order valence-corrected chi connectivity index (χ0v) is 22.2. The number of nitrogens with one attached hydrogen (secondary N) is 2. The van der Waals surface area contributed by atoms with E-state index in [4.69, 9.17) is 17.0 Å². The SMILES string of the molecule is CCCCN1C(=S)c2ccccc2C12c1cc(C)c(NCC)cc1Oc1cc(NCC)c(C)cc12. The second kappa shape index (κ2) is 9.19. The third-order valence-corrected chi connectivity index (χ3v) is 7.76. The molecule has 182 valence electrons. The van der Waals surface area contributed by atoms with Crippen LogP contribution < -0.4 is 15.4 Å². The van der Waals surface area contributed by atoms with E-state index in [0.29, 0.717) is 0 Å². The fraction of sp³-hybridized carbons (Fsp3) is 0.367. The van der Waals surface area contributed by atoms with Gasteiger partial charge in [-0.05, 0) is 62.9 Å². The van der Waals surface area contributed by atoms with Crippen LogP contribution in [0.1, 0.15) is 67.0 Å². The van der Waals surface area contributed by atoms with Crippen molar-refractivity contribution in [2.75, 3.05) is 30.3 Å². The van der Waals surface area contributed by atoms with Gasteiger partial charge in [0.05, 0.1) is 0 Å². The maximum absolute atomic E-state index is 6.70. The Morgan fingerprint density at radius 1 is 0.829 bits per heavy atom. The number of anilines is 2. The highest BCUT2D eigenvalue weighted by atomic mass is 32.1. The zero-order valence-electron chi connectivity index (χ0n) is 21.4.